The fraction of sp³-hybridized carbons (Fsp3) is 0.667. The Hall–Kier alpha value is -0.920. The second-order valence-electron chi connectivity index (χ2n) is 5.74. The third-order valence-electron chi connectivity index (χ3n) is 3.87. The van der Waals surface area contributed by atoms with Gasteiger partial charge in [0.2, 0.25) is 10.0 Å². The van der Waals surface area contributed by atoms with Crippen LogP contribution in [0.4, 0.5) is 0 Å². The second-order valence-corrected chi connectivity index (χ2v) is 8.56. The van der Waals surface area contributed by atoms with E-state index in [1.165, 1.54) is 15.6 Å². The zero-order valence-corrected chi connectivity index (χ0v) is 14.8. The molecule has 1 N–H and O–H groups in total. The highest BCUT2D eigenvalue weighted by Crippen LogP contribution is 2.27. The van der Waals surface area contributed by atoms with Crippen LogP contribution >= 0.6 is 11.3 Å². The molecule has 7 heteroatoms. The first-order valence-electron chi connectivity index (χ1n) is 7.85. The average Bonchev–Trinajstić information content (AvgIpc) is 2.98. The molecule has 5 nitrogen and oxygen atoms in total. The maximum absolute atomic E-state index is 12.7. The molecule has 124 valence electrons. The third-order valence-corrected chi connectivity index (χ3v) is 6.85. The molecule has 1 aliphatic rings. The molecule has 2 heterocycles. The van der Waals surface area contributed by atoms with Crippen molar-refractivity contribution in [2.75, 3.05) is 13.1 Å². The van der Waals surface area contributed by atoms with Gasteiger partial charge in [0, 0.05) is 19.1 Å². The Labute approximate surface area is 136 Å². The lowest BCUT2D eigenvalue weighted by atomic mass is 10.2. The molecule has 1 aromatic heterocycles. The fourth-order valence-electron chi connectivity index (χ4n) is 2.71. The predicted octanol–water partition coefficient (Wildman–Crippen LogP) is 2.84. The number of carbonyl (C=O) groups is 1. The third kappa shape index (κ3) is 3.88. The summed E-state index contributed by atoms with van der Waals surface area (Å²) in [5.41, 5.74) is 0. The molecule has 0 spiro atoms. The first kappa shape index (κ1) is 17.4. The summed E-state index contributed by atoms with van der Waals surface area (Å²) in [6.07, 6.45) is 4.70. The summed E-state index contributed by atoms with van der Waals surface area (Å²) in [6.45, 7) is 5.09. The van der Waals surface area contributed by atoms with Gasteiger partial charge in [-0.25, -0.2) is 8.42 Å². The zero-order chi connectivity index (χ0) is 16.2. The number of nitrogens with zero attached hydrogens (tertiary/aromatic N) is 1. The van der Waals surface area contributed by atoms with E-state index in [-0.39, 0.29) is 16.8 Å². The van der Waals surface area contributed by atoms with Crippen LogP contribution in [0.15, 0.2) is 16.3 Å². The van der Waals surface area contributed by atoms with E-state index in [9.17, 15) is 13.2 Å². The highest BCUT2D eigenvalue weighted by molar-refractivity contribution is 7.89. The molecule has 0 saturated carbocycles. The lowest BCUT2D eigenvalue weighted by Gasteiger charge is -2.26. The maximum Gasteiger partial charge on any atom is 0.262 e. The van der Waals surface area contributed by atoms with Crippen molar-refractivity contribution in [1.29, 1.82) is 0 Å². The summed E-state index contributed by atoms with van der Waals surface area (Å²) in [4.78, 5) is 12.8. The van der Waals surface area contributed by atoms with Crippen molar-refractivity contribution in [2.24, 2.45) is 0 Å². The first-order valence-corrected chi connectivity index (χ1v) is 10.2. The summed E-state index contributed by atoms with van der Waals surface area (Å²) in [7, 11) is -3.56. The normalized spacial score (nSPS) is 18.1. The van der Waals surface area contributed by atoms with Crippen LogP contribution in [-0.2, 0) is 10.0 Å². The number of rotatable bonds is 6. The lowest BCUT2D eigenvalue weighted by molar-refractivity contribution is 0.0939. The van der Waals surface area contributed by atoms with Crippen LogP contribution in [0.3, 0.4) is 0 Å². The molecule has 1 amide bonds. The van der Waals surface area contributed by atoms with Crippen molar-refractivity contribution in [3.63, 3.8) is 0 Å². The second kappa shape index (κ2) is 7.57. The number of hydrogen-bond donors (Lipinski definition) is 1. The summed E-state index contributed by atoms with van der Waals surface area (Å²) >= 11 is 1.19. The average molecular weight is 345 g/mol. The standard InChI is InChI=1S/C15H24N2O3S2/c1-3-7-12(2)16-15(18)14-13(8-11-21-14)22(19,20)17-9-5-4-6-10-17/h8,11-12H,3-7,9-10H2,1-2H3,(H,16,18). The lowest BCUT2D eigenvalue weighted by Crippen LogP contribution is -2.37. The van der Waals surface area contributed by atoms with Gasteiger partial charge in [-0.05, 0) is 37.6 Å². The molecular formula is C15H24N2O3S2. The minimum absolute atomic E-state index is 0.0464. The van der Waals surface area contributed by atoms with E-state index in [1.54, 1.807) is 11.4 Å². The molecule has 1 unspecified atom stereocenters. The van der Waals surface area contributed by atoms with E-state index < -0.39 is 10.0 Å². The van der Waals surface area contributed by atoms with Gasteiger partial charge in [0.05, 0.1) is 0 Å². The van der Waals surface area contributed by atoms with Gasteiger partial charge in [-0.3, -0.25) is 4.79 Å². The summed E-state index contributed by atoms with van der Waals surface area (Å²) in [5, 5.41) is 4.56. The quantitative estimate of drug-likeness (QED) is 0.863. The molecule has 0 radical (unpaired) electrons. The maximum atomic E-state index is 12.7. The van der Waals surface area contributed by atoms with Crippen molar-refractivity contribution in [3.05, 3.63) is 16.3 Å². The van der Waals surface area contributed by atoms with Gasteiger partial charge >= 0.3 is 0 Å². The van der Waals surface area contributed by atoms with Crippen molar-refractivity contribution in [1.82, 2.24) is 9.62 Å². The number of amides is 1. The Morgan fingerprint density at radius 3 is 2.68 bits per heavy atom. The van der Waals surface area contributed by atoms with Crippen LogP contribution in [0, 0.1) is 0 Å². The number of piperidine rings is 1. The van der Waals surface area contributed by atoms with Gasteiger partial charge in [-0.2, -0.15) is 4.31 Å². The van der Waals surface area contributed by atoms with E-state index in [0.29, 0.717) is 18.0 Å². The Kier molecular flexibility index (Phi) is 6.00. The van der Waals surface area contributed by atoms with Gasteiger partial charge < -0.3 is 5.32 Å². The molecule has 2 rings (SSSR count). The molecule has 0 aromatic carbocycles. The summed E-state index contributed by atoms with van der Waals surface area (Å²) < 4.78 is 27.0. The van der Waals surface area contributed by atoms with Crippen LogP contribution in [0.25, 0.3) is 0 Å². The Bertz CT molecular complexity index is 604. The summed E-state index contributed by atoms with van der Waals surface area (Å²) in [6, 6.07) is 1.60. The van der Waals surface area contributed by atoms with E-state index in [2.05, 4.69) is 12.2 Å². The molecule has 0 aliphatic carbocycles. The first-order chi connectivity index (χ1) is 10.5. The van der Waals surface area contributed by atoms with Gasteiger partial charge in [0.25, 0.3) is 5.91 Å². The van der Waals surface area contributed by atoms with Gasteiger partial charge in [-0.15, -0.1) is 11.3 Å². The smallest absolute Gasteiger partial charge is 0.262 e. The molecule has 22 heavy (non-hydrogen) atoms. The molecule has 0 bridgehead atoms. The van der Waals surface area contributed by atoms with Crippen LogP contribution in [-0.4, -0.2) is 37.8 Å². The van der Waals surface area contributed by atoms with E-state index in [4.69, 9.17) is 0 Å². The number of hydrogen-bond acceptors (Lipinski definition) is 4. The van der Waals surface area contributed by atoms with E-state index in [1.807, 2.05) is 6.92 Å². The minimum Gasteiger partial charge on any atom is -0.349 e. The van der Waals surface area contributed by atoms with Crippen LogP contribution < -0.4 is 5.32 Å². The molecule has 1 aromatic rings. The zero-order valence-electron chi connectivity index (χ0n) is 13.2. The number of sulfonamides is 1. The Morgan fingerprint density at radius 2 is 2.05 bits per heavy atom. The van der Waals surface area contributed by atoms with Crippen molar-refractivity contribution in [3.8, 4) is 0 Å². The molecule has 1 atom stereocenters. The summed E-state index contributed by atoms with van der Waals surface area (Å²) in [5.74, 6) is -0.286. The fourth-order valence-corrected chi connectivity index (χ4v) is 5.53. The predicted molar refractivity (Wildman–Crippen MR) is 88.8 cm³/mol. The van der Waals surface area contributed by atoms with Crippen molar-refractivity contribution >= 4 is 27.3 Å². The largest absolute Gasteiger partial charge is 0.349 e. The SMILES string of the molecule is CCCC(C)NC(=O)c1sccc1S(=O)(=O)N1CCCCC1. The van der Waals surface area contributed by atoms with Crippen molar-refractivity contribution < 1.29 is 13.2 Å². The highest BCUT2D eigenvalue weighted by atomic mass is 32.2. The van der Waals surface area contributed by atoms with E-state index >= 15 is 0 Å². The minimum atomic E-state index is -3.56. The monoisotopic (exact) mass is 344 g/mol. The highest BCUT2D eigenvalue weighted by Gasteiger charge is 2.31. The van der Waals surface area contributed by atoms with Crippen molar-refractivity contribution in [2.45, 2.75) is 56.9 Å². The van der Waals surface area contributed by atoms with Gasteiger partial charge in [0.1, 0.15) is 9.77 Å². The van der Waals surface area contributed by atoms with Crippen LogP contribution in [0.1, 0.15) is 55.6 Å². The number of nitrogens with one attached hydrogen (secondary N) is 1. The number of thiophene rings is 1. The molecule has 1 fully saturated rings. The van der Waals surface area contributed by atoms with Gasteiger partial charge in [0.15, 0.2) is 0 Å². The number of carbonyl (C=O) groups excluding carboxylic acids is 1. The van der Waals surface area contributed by atoms with Crippen LogP contribution in [0.5, 0.6) is 0 Å². The Balaban J connectivity index is 2.19. The molecule has 1 saturated heterocycles. The Morgan fingerprint density at radius 1 is 1.36 bits per heavy atom. The van der Waals surface area contributed by atoms with E-state index in [0.717, 1.165) is 32.1 Å². The molecule has 1 aliphatic heterocycles. The molecular weight excluding hydrogens is 320 g/mol. The topological polar surface area (TPSA) is 66.5 Å². The van der Waals surface area contributed by atoms with Gasteiger partial charge in [-0.1, -0.05) is 19.8 Å². The van der Waals surface area contributed by atoms with Crippen LogP contribution in [0.2, 0.25) is 0 Å².